The molecule has 0 fully saturated rings. The van der Waals surface area contributed by atoms with Crippen molar-refractivity contribution in [2.24, 2.45) is 0 Å². The summed E-state index contributed by atoms with van der Waals surface area (Å²) in [7, 11) is 1.97. The summed E-state index contributed by atoms with van der Waals surface area (Å²) in [6.45, 7) is 8.20. The summed E-state index contributed by atoms with van der Waals surface area (Å²) in [6.07, 6.45) is 0. The summed E-state index contributed by atoms with van der Waals surface area (Å²) in [5.41, 5.74) is 4.91. The quantitative estimate of drug-likeness (QED) is 0.737. The molecular formula is C13H18N2. The van der Waals surface area contributed by atoms with Gasteiger partial charge in [-0.2, -0.15) is 5.26 Å². The molecule has 0 aliphatic heterocycles. The van der Waals surface area contributed by atoms with Crippen molar-refractivity contribution in [3.8, 4) is 6.07 Å². The molecule has 0 radical (unpaired) electrons. The number of hydrogen-bond acceptors (Lipinski definition) is 2. The lowest BCUT2D eigenvalue weighted by Gasteiger charge is -2.26. The Bertz CT molecular complexity index is 378. The van der Waals surface area contributed by atoms with E-state index >= 15 is 0 Å². The van der Waals surface area contributed by atoms with Gasteiger partial charge in [-0.1, -0.05) is 17.7 Å². The largest absolute Gasteiger partial charge is 0.359 e. The van der Waals surface area contributed by atoms with Crippen molar-refractivity contribution < 1.29 is 0 Å². The van der Waals surface area contributed by atoms with Crippen LogP contribution in [0.1, 0.15) is 23.6 Å². The Kier molecular flexibility index (Phi) is 3.36. The molecule has 2 nitrogen and oxygen atoms in total. The predicted molar refractivity (Wildman–Crippen MR) is 64.1 cm³/mol. The maximum absolute atomic E-state index is 8.91. The van der Waals surface area contributed by atoms with Gasteiger partial charge < -0.3 is 4.90 Å². The van der Waals surface area contributed by atoms with Gasteiger partial charge in [-0.25, -0.2) is 0 Å². The Balaban J connectivity index is 3.21. The first-order chi connectivity index (χ1) is 6.97. The molecule has 0 heterocycles. The Morgan fingerprint density at radius 3 is 2.07 bits per heavy atom. The van der Waals surface area contributed by atoms with E-state index in [1.165, 1.54) is 22.4 Å². The Morgan fingerprint density at radius 2 is 1.67 bits per heavy atom. The number of rotatable bonds is 2. The van der Waals surface area contributed by atoms with Crippen molar-refractivity contribution in [1.29, 1.82) is 5.26 Å². The maximum Gasteiger partial charge on any atom is 0.113 e. The third-order valence-corrected chi connectivity index (χ3v) is 2.76. The van der Waals surface area contributed by atoms with E-state index in [0.29, 0.717) is 0 Å². The van der Waals surface area contributed by atoms with Gasteiger partial charge in [0.15, 0.2) is 0 Å². The molecular weight excluding hydrogens is 184 g/mol. The normalized spacial score (nSPS) is 12.0. The van der Waals surface area contributed by atoms with E-state index in [2.05, 4.69) is 39.0 Å². The minimum Gasteiger partial charge on any atom is -0.359 e. The minimum absolute atomic E-state index is 0.0925. The van der Waals surface area contributed by atoms with E-state index in [-0.39, 0.29) is 6.04 Å². The maximum atomic E-state index is 8.91. The van der Waals surface area contributed by atoms with Gasteiger partial charge in [-0.3, -0.25) is 0 Å². The lowest BCUT2D eigenvalue weighted by Crippen LogP contribution is -2.28. The SMILES string of the molecule is Cc1cc(C)c(N(C)C(C)C#N)c(C)c1. The van der Waals surface area contributed by atoms with Crippen molar-refractivity contribution in [3.05, 3.63) is 28.8 Å². The van der Waals surface area contributed by atoms with E-state index in [0.717, 1.165) is 0 Å². The van der Waals surface area contributed by atoms with Crippen LogP contribution in [-0.2, 0) is 0 Å². The lowest BCUT2D eigenvalue weighted by atomic mass is 10.0. The summed E-state index contributed by atoms with van der Waals surface area (Å²) in [5, 5.41) is 8.91. The van der Waals surface area contributed by atoms with E-state index in [1.54, 1.807) is 0 Å². The molecule has 1 rings (SSSR count). The summed E-state index contributed by atoms with van der Waals surface area (Å²) in [5.74, 6) is 0. The van der Waals surface area contributed by atoms with Crippen molar-refractivity contribution in [2.45, 2.75) is 33.7 Å². The molecule has 1 aromatic rings. The number of nitrogens with zero attached hydrogens (tertiary/aromatic N) is 2. The van der Waals surface area contributed by atoms with Gasteiger partial charge in [0.05, 0.1) is 6.07 Å². The molecule has 0 aliphatic rings. The number of anilines is 1. The smallest absolute Gasteiger partial charge is 0.113 e. The van der Waals surface area contributed by atoms with Crippen molar-refractivity contribution >= 4 is 5.69 Å². The van der Waals surface area contributed by atoms with Gasteiger partial charge in [0, 0.05) is 12.7 Å². The molecule has 0 saturated carbocycles. The van der Waals surface area contributed by atoms with E-state index in [4.69, 9.17) is 5.26 Å². The number of hydrogen-bond donors (Lipinski definition) is 0. The molecule has 15 heavy (non-hydrogen) atoms. The molecule has 0 spiro atoms. The van der Waals surface area contributed by atoms with E-state index in [1.807, 2.05) is 18.9 Å². The second kappa shape index (κ2) is 4.35. The minimum atomic E-state index is -0.0925. The summed E-state index contributed by atoms with van der Waals surface area (Å²) < 4.78 is 0. The molecule has 1 atom stereocenters. The van der Waals surface area contributed by atoms with Crippen LogP contribution in [0, 0.1) is 32.1 Å². The van der Waals surface area contributed by atoms with Gasteiger partial charge in [0.25, 0.3) is 0 Å². The van der Waals surface area contributed by atoms with Crippen LogP contribution in [0.4, 0.5) is 5.69 Å². The van der Waals surface area contributed by atoms with Gasteiger partial charge in [0.2, 0.25) is 0 Å². The Hall–Kier alpha value is -1.49. The molecule has 0 aromatic heterocycles. The van der Waals surface area contributed by atoms with Crippen molar-refractivity contribution in [2.75, 3.05) is 11.9 Å². The zero-order chi connectivity index (χ0) is 11.6. The average Bonchev–Trinajstić information content (AvgIpc) is 2.14. The second-order valence-electron chi connectivity index (χ2n) is 4.16. The highest BCUT2D eigenvalue weighted by Crippen LogP contribution is 2.26. The molecule has 0 aliphatic carbocycles. The third kappa shape index (κ3) is 2.30. The average molecular weight is 202 g/mol. The molecule has 80 valence electrons. The van der Waals surface area contributed by atoms with Crippen LogP contribution in [0.3, 0.4) is 0 Å². The van der Waals surface area contributed by atoms with Gasteiger partial charge in [-0.15, -0.1) is 0 Å². The Morgan fingerprint density at radius 1 is 1.20 bits per heavy atom. The van der Waals surface area contributed by atoms with Gasteiger partial charge in [0.1, 0.15) is 6.04 Å². The fourth-order valence-corrected chi connectivity index (χ4v) is 2.01. The zero-order valence-electron chi connectivity index (χ0n) is 10.1. The monoisotopic (exact) mass is 202 g/mol. The zero-order valence-corrected chi connectivity index (χ0v) is 10.1. The first kappa shape index (κ1) is 11.6. The van der Waals surface area contributed by atoms with Gasteiger partial charge >= 0.3 is 0 Å². The van der Waals surface area contributed by atoms with Crippen molar-refractivity contribution in [1.82, 2.24) is 0 Å². The topological polar surface area (TPSA) is 27.0 Å². The molecule has 0 amide bonds. The lowest BCUT2D eigenvalue weighted by molar-refractivity contribution is 0.827. The molecule has 0 saturated heterocycles. The summed E-state index contributed by atoms with van der Waals surface area (Å²) in [4.78, 5) is 2.03. The van der Waals surface area contributed by atoms with E-state index < -0.39 is 0 Å². The first-order valence-corrected chi connectivity index (χ1v) is 5.17. The molecule has 1 unspecified atom stereocenters. The molecule has 1 aromatic carbocycles. The van der Waals surface area contributed by atoms with Crippen LogP contribution < -0.4 is 4.90 Å². The van der Waals surface area contributed by atoms with Gasteiger partial charge in [-0.05, 0) is 38.8 Å². The fourth-order valence-electron chi connectivity index (χ4n) is 2.01. The Labute approximate surface area is 92.1 Å². The predicted octanol–water partition coefficient (Wildman–Crippen LogP) is 2.96. The van der Waals surface area contributed by atoms with Crippen LogP contribution in [0.15, 0.2) is 12.1 Å². The van der Waals surface area contributed by atoms with Crippen molar-refractivity contribution in [3.63, 3.8) is 0 Å². The second-order valence-corrected chi connectivity index (χ2v) is 4.16. The highest BCUT2D eigenvalue weighted by molar-refractivity contribution is 5.60. The first-order valence-electron chi connectivity index (χ1n) is 5.17. The molecule has 2 heteroatoms. The van der Waals surface area contributed by atoms with Crippen LogP contribution in [0.2, 0.25) is 0 Å². The number of benzene rings is 1. The third-order valence-electron chi connectivity index (χ3n) is 2.76. The standard InChI is InChI=1S/C13H18N2/c1-9-6-10(2)13(11(3)7-9)15(5)12(4)8-14/h6-7,12H,1-5H3. The summed E-state index contributed by atoms with van der Waals surface area (Å²) >= 11 is 0. The summed E-state index contributed by atoms with van der Waals surface area (Å²) in [6, 6.07) is 6.48. The highest BCUT2D eigenvalue weighted by atomic mass is 15.1. The van der Waals surface area contributed by atoms with E-state index in [9.17, 15) is 0 Å². The molecule has 0 N–H and O–H groups in total. The number of nitriles is 1. The van der Waals surface area contributed by atoms with Crippen LogP contribution >= 0.6 is 0 Å². The van der Waals surface area contributed by atoms with Crippen LogP contribution in [-0.4, -0.2) is 13.1 Å². The number of aryl methyl sites for hydroxylation is 3. The highest BCUT2D eigenvalue weighted by Gasteiger charge is 2.13. The van der Waals surface area contributed by atoms with Crippen LogP contribution in [0.25, 0.3) is 0 Å². The van der Waals surface area contributed by atoms with Crippen LogP contribution in [0.5, 0.6) is 0 Å². The fraction of sp³-hybridized carbons (Fsp3) is 0.462. The molecule has 0 bridgehead atoms.